The molecule has 0 aliphatic carbocycles. The summed E-state index contributed by atoms with van der Waals surface area (Å²) in [7, 11) is 0. The van der Waals surface area contributed by atoms with Crippen LogP contribution >= 0.6 is 23.2 Å². The fraction of sp³-hybridized carbons (Fsp3) is 0.167. The molecule has 3 heteroatoms. The fourth-order valence-electron chi connectivity index (χ4n) is 1.68. The molecule has 0 aliphatic rings. The maximum Gasteiger partial charge on any atom is 0.0931 e. The van der Waals surface area contributed by atoms with Crippen LogP contribution in [-0.2, 0) is 0 Å². The summed E-state index contributed by atoms with van der Waals surface area (Å²) < 4.78 is 0. The summed E-state index contributed by atoms with van der Waals surface area (Å²) in [6.07, 6.45) is -0.671. The van der Waals surface area contributed by atoms with Gasteiger partial charge in [-0.25, -0.2) is 0 Å². The molecule has 1 N–H and O–H groups in total. The third-order valence-corrected chi connectivity index (χ3v) is 3.00. The second kappa shape index (κ2) is 4.40. The Balaban J connectivity index is 2.74. The van der Waals surface area contributed by atoms with Gasteiger partial charge in [0.15, 0.2) is 0 Å². The van der Waals surface area contributed by atoms with Gasteiger partial charge in [0, 0.05) is 10.4 Å². The lowest BCUT2D eigenvalue weighted by molar-refractivity contribution is 0.204. The van der Waals surface area contributed by atoms with Crippen molar-refractivity contribution in [2.24, 2.45) is 0 Å². The lowest BCUT2D eigenvalue weighted by Crippen LogP contribution is -1.99. The minimum Gasteiger partial charge on any atom is -0.387 e. The van der Waals surface area contributed by atoms with Crippen molar-refractivity contribution in [3.63, 3.8) is 0 Å². The largest absolute Gasteiger partial charge is 0.387 e. The zero-order chi connectivity index (χ0) is 10.8. The maximum absolute atomic E-state index is 9.76. The zero-order valence-electron chi connectivity index (χ0n) is 7.95. The Hall–Kier alpha value is -0.760. The van der Waals surface area contributed by atoms with Crippen LogP contribution in [0.1, 0.15) is 11.7 Å². The minimum atomic E-state index is -0.671. The lowest BCUT2D eigenvalue weighted by atomic mass is 10.0. The summed E-state index contributed by atoms with van der Waals surface area (Å²) >= 11 is 11.8. The summed E-state index contributed by atoms with van der Waals surface area (Å²) in [5.41, 5.74) is 0.785. The Morgan fingerprint density at radius 3 is 2.47 bits per heavy atom. The summed E-state index contributed by atoms with van der Waals surface area (Å²) in [6.45, 7) is 0. The molecule has 0 spiro atoms. The van der Waals surface area contributed by atoms with Crippen LogP contribution in [-0.4, -0.2) is 11.0 Å². The van der Waals surface area contributed by atoms with E-state index in [0.29, 0.717) is 5.02 Å². The van der Waals surface area contributed by atoms with Crippen molar-refractivity contribution in [2.75, 3.05) is 5.88 Å². The average Bonchev–Trinajstić information content (AvgIpc) is 2.28. The molecule has 0 heterocycles. The predicted octanol–water partition coefficient (Wildman–Crippen LogP) is 3.77. The Morgan fingerprint density at radius 2 is 1.80 bits per heavy atom. The molecule has 0 bridgehead atoms. The Kier molecular flexibility index (Phi) is 3.15. The van der Waals surface area contributed by atoms with E-state index in [4.69, 9.17) is 23.2 Å². The molecule has 0 saturated heterocycles. The highest BCUT2D eigenvalue weighted by molar-refractivity contribution is 6.35. The van der Waals surface area contributed by atoms with E-state index in [-0.39, 0.29) is 5.88 Å². The number of hydrogen-bond donors (Lipinski definition) is 1. The quantitative estimate of drug-likeness (QED) is 0.793. The Labute approximate surface area is 98.2 Å². The molecule has 15 heavy (non-hydrogen) atoms. The molecule has 2 rings (SSSR count). The highest BCUT2D eigenvalue weighted by Crippen LogP contribution is 2.30. The van der Waals surface area contributed by atoms with E-state index >= 15 is 0 Å². The monoisotopic (exact) mass is 240 g/mol. The molecule has 0 radical (unpaired) electrons. The highest BCUT2D eigenvalue weighted by atomic mass is 35.5. The van der Waals surface area contributed by atoms with E-state index in [9.17, 15) is 5.11 Å². The van der Waals surface area contributed by atoms with Crippen molar-refractivity contribution in [3.8, 4) is 0 Å². The van der Waals surface area contributed by atoms with Crippen LogP contribution in [0.2, 0.25) is 5.02 Å². The fourth-order valence-corrected chi connectivity index (χ4v) is 2.14. The van der Waals surface area contributed by atoms with Crippen LogP contribution in [0.3, 0.4) is 0 Å². The van der Waals surface area contributed by atoms with Crippen molar-refractivity contribution in [3.05, 3.63) is 47.0 Å². The first-order valence-electron chi connectivity index (χ1n) is 4.65. The average molecular weight is 241 g/mol. The topological polar surface area (TPSA) is 20.2 Å². The van der Waals surface area contributed by atoms with Gasteiger partial charge >= 0.3 is 0 Å². The van der Waals surface area contributed by atoms with E-state index in [0.717, 1.165) is 16.3 Å². The van der Waals surface area contributed by atoms with Crippen molar-refractivity contribution < 1.29 is 5.11 Å². The van der Waals surface area contributed by atoms with E-state index in [1.807, 2.05) is 36.4 Å². The smallest absolute Gasteiger partial charge is 0.0931 e. The van der Waals surface area contributed by atoms with Crippen LogP contribution in [0.25, 0.3) is 10.8 Å². The third-order valence-electron chi connectivity index (χ3n) is 2.39. The molecule has 1 atom stereocenters. The van der Waals surface area contributed by atoms with Crippen LogP contribution < -0.4 is 0 Å². The highest BCUT2D eigenvalue weighted by Gasteiger charge is 2.11. The van der Waals surface area contributed by atoms with Gasteiger partial charge in [0.1, 0.15) is 0 Å². The van der Waals surface area contributed by atoms with Crippen molar-refractivity contribution in [1.29, 1.82) is 0 Å². The SMILES string of the molecule is O[C@@H](CCl)c1cccc2cccc(Cl)c12. The molecule has 0 amide bonds. The Bertz CT molecular complexity index is 477. The van der Waals surface area contributed by atoms with Gasteiger partial charge in [0.2, 0.25) is 0 Å². The molecule has 0 unspecified atom stereocenters. The summed E-state index contributed by atoms with van der Waals surface area (Å²) in [5.74, 6) is 0.171. The van der Waals surface area contributed by atoms with Crippen molar-refractivity contribution in [1.82, 2.24) is 0 Å². The molecular formula is C12H10Cl2O. The first-order valence-corrected chi connectivity index (χ1v) is 5.56. The van der Waals surface area contributed by atoms with Gasteiger partial charge in [-0.05, 0) is 17.0 Å². The van der Waals surface area contributed by atoms with E-state index in [1.54, 1.807) is 0 Å². The minimum absolute atomic E-state index is 0.171. The molecule has 2 aromatic carbocycles. The van der Waals surface area contributed by atoms with Gasteiger partial charge in [-0.2, -0.15) is 0 Å². The number of aliphatic hydroxyl groups is 1. The molecule has 0 fully saturated rings. The first-order chi connectivity index (χ1) is 7.24. The number of halogens is 2. The molecule has 0 saturated carbocycles. The predicted molar refractivity (Wildman–Crippen MR) is 64.6 cm³/mol. The number of alkyl halides is 1. The molecular weight excluding hydrogens is 231 g/mol. The number of aliphatic hydroxyl groups excluding tert-OH is 1. The van der Waals surface area contributed by atoms with Crippen LogP contribution in [0.15, 0.2) is 36.4 Å². The van der Waals surface area contributed by atoms with Crippen LogP contribution in [0, 0.1) is 0 Å². The molecule has 1 nitrogen and oxygen atoms in total. The van der Waals surface area contributed by atoms with Gasteiger partial charge in [0.25, 0.3) is 0 Å². The van der Waals surface area contributed by atoms with Gasteiger partial charge in [-0.1, -0.05) is 41.9 Å². The normalized spacial score (nSPS) is 13.0. The van der Waals surface area contributed by atoms with Gasteiger partial charge in [0.05, 0.1) is 12.0 Å². The summed E-state index contributed by atoms with van der Waals surface area (Å²) in [5, 5.41) is 12.3. The molecule has 2 aromatic rings. The van der Waals surface area contributed by atoms with E-state index < -0.39 is 6.10 Å². The maximum atomic E-state index is 9.76. The van der Waals surface area contributed by atoms with Gasteiger partial charge < -0.3 is 5.11 Å². The summed E-state index contributed by atoms with van der Waals surface area (Å²) in [6, 6.07) is 11.4. The molecule has 0 aliphatic heterocycles. The zero-order valence-corrected chi connectivity index (χ0v) is 9.46. The molecule has 0 aromatic heterocycles. The van der Waals surface area contributed by atoms with Gasteiger partial charge in [-0.15, -0.1) is 11.6 Å². The molecule has 78 valence electrons. The first kappa shape index (κ1) is 10.7. The summed E-state index contributed by atoms with van der Waals surface area (Å²) in [4.78, 5) is 0. The standard InChI is InChI=1S/C12H10Cl2O/c13-7-11(15)9-5-1-3-8-4-2-6-10(14)12(8)9/h1-6,11,15H,7H2/t11-/m0/s1. The Morgan fingerprint density at radius 1 is 1.13 bits per heavy atom. The van der Waals surface area contributed by atoms with Crippen LogP contribution in [0.5, 0.6) is 0 Å². The van der Waals surface area contributed by atoms with Crippen LogP contribution in [0.4, 0.5) is 0 Å². The van der Waals surface area contributed by atoms with Crippen molar-refractivity contribution in [2.45, 2.75) is 6.10 Å². The van der Waals surface area contributed by atoms with Crippen molar-refractivity contribution >= 4 is 34.0 Å². The van der Waals surface area contributed by atoms with E-state index in [1.165, 1.54) is 0 Å². The van der Waals surface area contributed by atoms with Gasteiger partial charge in [-0.3, -0.25) is 0 Å². The number of fused-ring (bicyclic) bond motifs is 1. The second-order valence-electron chi connectivity index (χ2n) is 3.36. The number of hydrogen-bond acceptors (Lipinski definition) is 1. The lowest BCUT2D eigenvalue weighted by Gasteiger charge is -2.11. The number of rotatable bonds is 2. The second-order valence-corrected chi connectivity index (χ2v) is 4.07. The third kappa shape index (κ3) is 1.96. The van der Waals surface area contributed by atoms with E-state index in [2.05, 4.69) is 0 Å². The number of benzene rings is 2.